The van der Waals surface area contributed by atoms with Crippen LogP contribution in [0, 0.1) is 0 Å². The molecule has 0 radical (unpaired) electrons. The van der Waals surface area contributed by atoms with Gasteiger partial charge in [0.15, 0.2) is 13.1 Å². The first-order valence-corrected chi connectivity index (χ1v) is 9.67. The van der Waals surface area contributed by atoms with Gasteiger partial charge >= 0.3 is 0 Å². The van der Waals surface area contributed by atoms with Crippen LogP contribution in [-0.4, -0.2) is 43.9 Å². The second-order valence-electron chi connectivity index (χ2n) is 7.29. The summed E-state index contributed by atoms with van der Waals surface area (Å²) in [6.45, 7) is 4.50. The van der Waals surface area contributed by atoms with Crippen LogP contribution in [0.1, 0.15) is 29.8 Å². The Morgan fingerprint density at radius 3 is 2.21 bits per heavy atom. The van der Waals surface area contributed by atoms with Crippen LogP contribution >= 0.6 is 0 Å². The van der Waals surface area contributed by atoms with Gasteiger partial charge in [-0.1, -0.05) is 42.5 Å². The fourth-order valence-corrected chi connectivity index (χ4v) is 2.84. The summed E-state index contributed by atoms with van der Waals surface area (Å²) >= 11 is 0. The molecule has 0 aliphatic carbocycles. The highest BCUT2D eigenvalue weighted by molar-refractivity contribution is 6.03. The molecule has 2 aromatic rings. The number of quaternary nitrogens is 1. The summed E-state index contributed by atoms with van der Waals surface area (Å²) in [5.74, 6) is -0.629. The van der Waals surface area contributed by atoms with Crippen molar-refractivity contribution in [2.75, 3.05) is 25.5 Å². The lowest BCUT2D eigenvalue weighted by Crippen LogP contribution is -3.11. The van der Waals surface area contributed by atoms with Crippen LogP contribution in [-0.2, 0) is 16.1 Å². The third kappa shape index (κ3) is 7.75. The highest BCUT2D eigenvalue weighted by atomic mass is 16.2. The topological polar surface area (TPSA) is 91.7 Å². The van der Waals surface area contributed by atoms with Gasteiger partial charge in [-0.15, -0.1) is 0 Å². The number of hydrogen-bond acceptors (Lipinski definition) is 3. The van der Waals surface area contributed by atoms with Crippen molar-refractivity contribution in [1.29, 1.82) is 0 Å². The largest absolute Gasteiger partial charge is 0.349 e. The molecule has 0 aliphatic rings. The van der Waals surface area contributed by atoms with E-state index in [9.17, 15) is 14.4 Å². The second-order valence-corrected chi connectivity index (χ2v) is 7.29. The lowest BCUT2D eigenvalue weighted by Gasteiger charge is -2.16. The molecule has 0 saturated carbocycles. The molecule has 3 amide bonds. The molecule has 0 spiro atoms. The second kappa shape index (κ2) is 11.0. The third-order valence-corrected chi connectivity index (χ3v) is 4.12. The number of carbonyl (C=O) groups is 3. The van der Waals surface area contributed by atoms with E-state index in [-0.39, 0.29) is 36.9 Å². The number of likely N-dealkylation sites (N-methyl/N-ethyl adjacent to an activating group) is 1. The van der Waals surface area contributed by atoms with Crippen LogP contribution in [0.25, 0.3) is 0 Å². The van der Waals surface area contributed by atoms with Crippen LogP contribution in [0.4, 0.5) is 5.69 Å². The van der Waals surface area contributed by atoms with E-state index in [1.807, 2.05) is 44.2 Å². The van der Waals surface area contributed by atoms with E-state index in [0.717, 1.165) is 10.5 Å². The van der Waals surface area contributed by atoms with E-state index in [4.69, 9.17) is 0 Å². The number of hydrogen-bond donors (Lipinski definition) is 4. The summed E-state index contributed by atoms with van der Waals surface area (Å²) in [6.07, 6.45) is 0. The molecule has 0 heterocycles. The van der Waals surface area contributed by atoms with E-state index in [2.05, 4.69) is 16.0 Å². The number of para-hydroxylation sites is 1. The zero-order valence-electron chi connectivity index (χ0n) is 17.1. The smallest absolute Gasteiger partial charge is 0.279 e. The Kier molecular flexibility index (Phi) is 8.36. The van der Waals surface area contributed by atoms with Gasteiger partial charge in [0.25, 0.3) is 17.7 Å². The van der Waals surface area contributed by atoms with Crippen molar-refractivity contribution in [3.8, 4) is 0 Å². The summed E-state index contributed by atoms with van der Waals surface area (Å²) in [4.78, 5) is 37.5. The van der Waals surface area contributed by atoms with Crippen LogP contribution in [0.5, 0.6) is 0 Å². The molecule has 1 unspecified atom stereocenters. The lowest BCUT2D eigenvalue weighted by atomic mass is 10.1. The summed E-state index contributed by atoms with van der Waals surface area (Å²) in [6, 6.07) is 16.5. The molecule has 2 rings (SSSR count). The average Bonchev–Trinajstić information content (AvgIpc) is 2.66. The van der Waals surface area contributed by atoms with E-state index in [1.165, 1.54) is 0 Å². The number of carbonyl (C=O) groups excluding carboxylic acids is 3. The Balaban J connectivity index is 1.92. The molecular formula is C22H29N4O3+. The molecule has 0 saturated heterocycles. The molecule has 0 aromatic heterocycles. The first kappa shape index (κ1) is 22.1. The highest BCUT2D eigenvalue weighted by Crippen LogP contribution is 2.15. The van der Waals surface area contributed by atoms with Crippen molar-refractivity contribution in [2.45, 2.75) is 26.4 Å². The van der Waals surface area contributed by atoms with Gasteiger partial charge < -0.3 is 20.9 Å². The number of rotatable bonds is 9. The molecule has 29 heavy (non-hydrogen) atoms. The Morgan fingerprint density at radius 1 is 0.897 bits per heavy atom. The minimum atomic E-state index is -0.262. The van der Waals surface area contributed by atoms with E-state index in [1.54, 1.807) is 31.3 Å². The van der Waals surface area contributed by atoms with Gasteiger partial charge in [-0.25, -0.2) is 0 Å². The molecule has 0 aliphatic heterocycles. The van der Waals surface area contributed by atoms with Crippen LogP contribution in [0.15, 0.2) is 54.6 Å². The fraction of sp³-hybridized carbons (Fsp3) is 0.318. The summed E-state index contributed by atoms with van der Waals surface area (Å²) in [5, 5.41) is 8.45. The quantitative estimate of drug-likeness (QED) is 0.499. The molecule has 0 bridgehead atoms. The van der Waals surface area contributed by atoms with Crippen molar-refractivity contribution < 1.29 is 19.3 Å². The zero-order chi connectivity index (χ0) is 21.2. The Hall–Kier alpha value is -3.19. The Morgan fingerprint density at radius 2 is 1.52 bits per heavy atom. The van der Waals surface area contributed by atoms with Crippen molar-refractivity contribution in [2.24, 2.45) is 0 Å². The van der Waals surface area contributed by atoms with Gasteiger partial charge in [-0.3, -0.25) is 14.4 Å². The lowest BCUT2D eigenvalue weighted by molar-refractivity contribution is -0.862. The standard InChI is InChI=1S/C22H28N4O3/c1-16(2)24-20(27)14-26(3)15-21(28)25-19-12-8-7-11-18(19)22(29)23-13-17-9-5-4-6-10-17/h4-12,16H,13-15H2,1-3H3,(H,23,29)(H,24,27)(H,25,28)/p+1. The summed E-state index contributed by atoms with van der Waals surface area (Å²) in [7, 11) is 1.78. The maximum atomic E-state index is 12.6. The van der Waals surface area contributed by atoms with Crippen molar-refractivity contribution in [3.05, 3.63) is 65.7 Å². The van der Waals surface area contributed by atoms with Gasteiger partial charge in [0, 0.05) is 12.6 Å². The predicted octanol–water partition coefficient (Wildman–Crippen LogP) is 0.594. The molecule has 1 atom stereocenters. The molecule has 154 valence electrons. The zero-order valence-corrected chi connectivity index (χ0v) is 17.1. The van der Waals surface area contributed by atoms with Gasteiger partial charge in [0.2, 0.25) is 0 Å². The average molecular weight is 397 g/mol. The maximum absolute atomic E-state index is 12.6. The van der Waals surface area contributed by atoms with E-state index < -0.39 is 0 Å². The molecular weight excluding hydrogens is 368 g/mol. The number of amides is 3. The third-order valence-electron chi connectivity index (χ3n) is 4.12. The summed E-state index contributed by atoms with van der Waals surface area (Å²) < 4.78 is 0. The van der Waals surface area contributed by atoms with Crippen molar-refractivity contribution >= 4 is 23.4 Å². The highest BCUT2D eigenvalue weighted by Gasteiger charge is 2.17. The Labute approximate surface area is 171 Å². The molecule has 7 nitrogen and oxygen atoms in total. The van der Waals surface area contributed by atoms with Gasteiger partial charge in [-0.05, 0) is 31.5 Å². The van der Waals surface area contributed by atoms with E-state index >= 15 is 0 Å². The normalized spacial score (nSPS) is 11.6. The van der Waals surface area contributed by atoms with Gasteiger partial charge in [0.1, 0.15) is 0 Å². The first-order chi connectivity index (χ1) is 13.8. The van der Waals surface area contributed by atoms with E-state index in [0.29, 0.717) is 17.8 Å². The number of nitrogens with one attached hydrogen (secondary N) is 4. The van der Waals surface area contributed by atoms with Crippen LogP contribution < -0.4 is 20.9 Å². The molecule has 2 aromatic carbocycles. The minimum absolute atomic E-state index is 0.0606. The maximum Gasteiger partial charge on any atom is 0.279 e. The van der Waals surface area contributed by atoms with Gasteiger partial charge in [-0.2, -0.15) is 0 Å². The SMILES string of the molecule is CC(C)NC(=O)C[NH+](C)CC(=O)Nc1ccccc1C(=O)NCc1ccccc1. The summed E-state index contributed by atoms with van der Waals surface area (Å²) in [5.41, 5.74) is 1.83. The van der Waals surface area contributed by atoms with Crippen LogP contribution in [0.3, 0.4) is 0 Å². The molecule has 0 fully saturated rings. The van der Waals surface area contributed by atoms with Gasteiger partial charge in [0.05, 0.1) is 18.3 Å². The van der Waals surface area contributed by atoms with Crippen LogP contribution in [0.2, 0.25) is 0 Å². The molecule has 4 N–H and O–H groups in total. The minimum Gasteiger partial charge on any atom is -0.349 e. The monoisotopic (exact) mass is 397 g/mol. The first-order valence-electron chi connectivity index (χ1n) is 9.67. The number of benzene rings is 2. The van der Waals surface area contributed by atoms with Crippen molar-refractivity contribution in [1.82, 2.24) is 10.6 Å². The fourth-order valence-electron chi connectivity index (χ4n) is 2.84. The molecule has 7 heteroatoms. The Bertz CT molecular complexity index is 837. The predicted molar refractivity (Wildman–Crippen MR) is 113 cm³/mol. The van der Waals surface area contributed by atoms with Crippen molar-refractivity contribution in [3.63, 3.8) is 0 Å². The number of anilines is 1.